The van der Waals surface area contributed by atoms with E-state index >= 15 is 0 Å². The lowest BCUT2D eigenvalue weighted by atomic mass is 10.1. The van der Waals surface area contributed by atoms with E-state index in [0.717, 1.165) is 44.3 Å². The summed E-state index contributed by atoms with van der Waals surface area (Å²) in [4.78, 5) is 8.48. The second-order valence-corrected chi connectivity index (χ2v) is 8.26. The third-order valence-electron chi connectivity index (χ3n) is 5.09. The number of phenols is 1. The molecule has 0 bridgehead atoms. The molecule has 1 aliphatic heterocycles. The molecule has 0 saturated carbocycles. The number of hydrogen-bond acceptors (Lipinski definition) is 6. The number of nitrogens with one attached hydrogen (secondary N) is 2. The molecule has 1 aromatic heterocycles. The van der Waals surface area contributed by atoms with Crippen molar-refractivity contribution in [3.8, 4) is 11.5 Å². The van der Waals surface area contributed by atoms with Crippen molar-refractivity contribution in [3.63, 3.8) is 0 Å². The number of hydrogen-bond donors (Lipinski definition) is 3. The Morgan fingerprint density at radius 2 is 2.23 bits per heavy atom. The van der Waals surface area contributed by atoms with Crippen LogP contribution in [0.15, 0.2) is 40.7 Å². The van der Waals surface area contributed by atoms with Crippen molar-refractivity contribution in [2.75, 3.05) is 39.9 Å². The average Bonchev–Trinajstić information content (AvgIpc) is 3.27. The summed E-state index contributed by atoms with van der Waals surface area (Å²) in [6.07, 6.45) is 0.235. The van der Waals surface area contributed by atoms with E-state index in [1.807, 2.05) is 13.0 Å². The molecule has 31 heavy (non-hydrogen) atoms. The van der Waals surface area contributed by atoms with E-state index in [-0.39, 0.29) is 41.9 Å². The summed E-state index contributed by atoms with van der Waals surface area (Å²) < 4.78 is 11.0. The normalized spacial score (nSPS) is 18.2. The largest absolute Gasteiger partial charge is 0.508 e. The molecule has 2 heterocycles. The van der Waals surface area contributed by atoms with Gasteiger partial charge in [-0.3, -0.25) is 4.90 Å². The second-order valence-electron chi connectivity index (χ2n) is 7.28. The summed E-state index contributed by atoms with van der Waals surface area (Å²) in [6.45, 7) is 8.60. The van der Waals surface area contributed by atoms with Gasteiger partial charge in [0, 0.05) is 36.6 Å². The Hall–Kier alpha value is -1.56. The predicted molar refractivity (Wildman–Crippen MR) is 137 cm³/mol. The van der Waals surface area contributed by atoms with Gasteiger partial charge in [0.2, 0.25) is 0 Å². The Kier molecular flexibility index (Phi) is 10.9. The van der Waals surface area contributed by atoms with E-state index in [1.165, 1.54) is 4.88 Å². The lowest BCUT2D eigenvalue weighted by Crippen LogP contribution is -2.48. The standard InChI is InChI=1S/C22H32N4O3S.HI/c1-4-23-22(24-13-17-12-18(28-3)7-8-20(17)27)25-14-19(21-6-5-11-30-21)26-9-10-29-16(2)15-26;/h5-8,11-12,16,19,27H,4,9-10,13-15H2,1-3H3,(H2,23,24,25);1H. The number of nitrogens with zero attached hydrogens (tertiary/aromatic N) is 2. The highest BCUT2D eigenvalue weighted by atomic mass is 127. The Bertz CT molecular complexity index is 819. The summed E-state index contributed by atoms with van der Waals surface area (Å²) in [6, 6.07) is 9.73. The highest BCUT2D eigenvalue weighted by Gasteiger charge is 2.26. The smallest absolute Gasteiger partial charge is 0.191 e. The number of halogens is 1. The summed E-state index contributed by atoms with van der Waals surface area (Å²) in [5.41, 5.74) is 0.725. The molecule has 3 rings (SSSR count). The molecule has 0 aliphatic carbocycles. The fourth-order valence-electron chi connectivity index (χ4n) is 3.53. The van der Waals surface area contributed by atoms with Crippen LogP contribution in [-0.4, -0.2) is 62.0 Å². The van der Waals surface area contributed by atoms with Crippen LogP contribution in [0.5, 0.6) is 11.5 Å². The van der Waals surface area contributed by atoms with Crippen molar-refractivity contribution in [1.82, 2.24) is 15.5 Å². The maximum Gasteiger partial charge on any atom is 0.191 e. The number of guanidine groups is 1. The lowest BCUT2D eigenvalue weighted by molar-refractivity contribution is -0.0334. The van der Waals surface area contributed by atoms with Crippen molar-refractivity contribution in [3.05, 3.63) is 46.2 Å². The van der Waals surface area contributed by atoms with Crippen LogP contribution in [0.25, 0.3) is 0 Å². The first kappa shape index (κ1) is 25.7. The monoisotopic (exact) mass is 560 g/mol. The van der Waals surface area contributed by atoms with Crippen molar-refractivity contribution in [2.24, 2.45) is 4.99 Å². The van der Waals surface area contributed by atoms with E-state index in [2.05, 4.69) is 45.0 Å². The zero-order chi connectivity index (χ0) is 21.3. The van der Waals surface area contributed by atoms with Crippen molar-refractivity contribution < 1.29 is 14.6 Å². The number of aliphatic imine (C=N–C) groups is 1. The minimum atomic E-state index is 0. The number of rotatable bonds is 8. The Balaban J connectivity index is 0.00000341. The molecule has 0 radical (unpaired) electrons. The molecule has 2 atom stereocenters. The maximum atomic E-state index is 10.1. The van der Waals surface area contributed by atoms with Gasteiger partial charge < -0.3 is 25.2 Å². The van der Waals surface area contributed by atoms with Gasteiger partial charge in [0.25, 0.3) is 0 Å². The molecule has 0 amide bonds. The van der Waals surface area contributed by atoms with Crippen molar-refractivity contribution >= 4 is 41.3 Å². The van der Waals surface area contributed by atoms with Crippen LogP contribution in [0.1, 0.15) is 30.3 Å². The molecule has 2 unspecified atom stereocenters. The second kappa shape index (κ2) is 13.1. The average molecular weight is 561 g/mol. The Labute approximate surface area is 205 Å². The van der Waals surface area contributed by atoms with Crippen LogP contribution < -0.4 is 15.4 Å². The van der Waals surface area contributed by atoms with Gasteiger partial charge in [-0.05, 0) is 43.5 Å². The number of morpholine rings is 1. The number of aromatic hydroxyl groups is 1. The first-order valence-corrected chi connectivity index (χ1v) is 11.3. The summed E-state index contributed by atoms with van der Waals surface area (Å²) in [5, 5.41) is 19.0. The van der Waals surface area contributed by atoms with Gasteiger partial charge in [-0.1, -0.05) is 6.07 Å². The number of benzene rings is 1. The van der Waals surface area contributed by atoms with Crippen molar-refractivity contribution in [1.29, 1.82) is 0 Å². The topological polar surface area (TPSA) is 78.4 Å². The number of ether oxygens (including phenoxy) is 2. The van der Waals surface area contributed by atoms with Gasteiger partial charge in [0.1, 0.15) is 11.5 Å². The van der Waals surface area contributed by atoms with E-state index in [0.29, 0.717) is 12.3 Å². The van der Waals surface area contributed by atoms with Crippen LogP contribution in [-0.2, 0) is 11.3 Å². The highest BCUT2D eigenvalue weighted by Crippen LogP contribution is 2.27. The quantitative estimate of drug-likeness (QED) is 0.260. The molecule has 2 aromatic rings. The first-order valence-electron chi connectivity index (χ1n) is 10.4. The minimum absolute atomic E-state index is 0. The molecule has 3 N–H and O–H groups in total. The van der Waals surface area contributed by atoms with Gasteiger partial charge in [0.15, 0.2) is 5.96 Å². The van der Waals surface area contributed by atoms with Crippen LogP contribution in [0, 0.1) is 0 Å². The first-order chi connectivity index (χ1) is 14.6. The third-order valence-corrected chi connectivity index (χ3v) is 6.06. The fraction of sp³-hybridized carbons (Fsp3) is 0.500. The number of phenolic OH excluding ortho intramolecular Hbond substituents is 1. The summed E-state index contributed by atoms with van der Waals surface area (Å²) >= 11 is 1.78. The maximum absolute atomic E-state index is 10.1. The van der Waals surface area contributed by atoms with Gasteiger partial charge in [-0.15, -0.1) is 35.3 Å². The molecule has 0 spiro atoms. The lowest BCUT2D eigenvalue weighted by Gasteiger charge is -2.37. The van der Waals surface area contributed by atoms with Gasteiger partial charge >= 0.3 is 0 Å². The van der Waals surface area contributed by atoms with Crippen LogP contribution in [0.2, 0.25) is 0 Å². The van der Waals surface area contributed by atoms with Crippen LogP contribution >= 0.6 is 35.3 Å². The van der Waals surface area contributed by atoms with Crippen molar-refractivity contribution in [2.45, 2.75) is 32.5 Å². The van der Waals surface area contributed by atoms with Gasteiger partial charge in [-0.2, -0.15) is 0 Å². The zero-order valence-corrected chi connectivity index (χ0v) is 21.5. The fourth-order valence-corrected chi connectivity index (χ4v) is 4.39. The Morgan fingerprint density at radius 3 is 2.90 bits per heavy atom. The van der Waals surface area contributed by atoms with Gasteiger partial charge in [0.05, 0.1) is 32.4 Å². The molecule has 9 heteroatoms. The molecule has 1 aromatic carbocycles. The SMILES string of the molecule is CCNC(=NCc1cc(OC)ccc1O)NCC(c1cccs1)N1CCOC(C)C1.I. The van der Waals surface area contributed by atoms with Crippen LogP contribution in [0.4, 0.5) is 0 Å². The molecule has 1 aliphatic rings. The van der Waals surface area contributed by atoms with E-state index in [1.54, 1.807) is 30.6 Å². The molecule has 1 fully saturated rings. The molecule has 172 valence electrons. The predicted octanol–water partition coefficient (Wildman–Crippen LogP) is 3.60. The summed E-state index contributed by atoms with van der Waals surface area (Å²) in [5.74, 6) is 1.65. The molecule has 1 saturated heterocycles. The number of methoxy groups -OCH3 is 1. The summed E-state index contributed by atoms with van der Waals surface area (Å²) in [7, 11) is 1.61. The highest BCUT2D eigenvalue weighted by molar-refractivity contribution is 14.0. The van der Waals surface area contributed by atoms with Gasteiger partial charge in [-0.25, -0.2) is 4.99 Å². The number of thiophene rings is 1. The molecule has 7 nitrogen and oxygen atoms in total. The van der Waals surface area contributed by atoms with E-state index in [4.69, 9.17) is 9.47 Å². The van der Waals surface area contributed by atoms with Crippen LogP contribution in [0.3, 0.4) is 0 Å². The third kappa shape index (κ3) is 7.51. The molecular formula is C22H33IN4O3S. The molecular weight excluding hydrogens is 527 g/mol. The van der Waals surface area contributed by atoms with E-state index < -0.39 is 0 Å². The Morgan fingerprint density at radius 1 is 1.39 bits per heavy atom. The minimum Gasteiger partial charge on any atom is -0.508 e. The zero-order valence-electron chi connectivity index (χ0n) is 18.3. The van der Waals surface area contributed by atoms with E-state index in [9.17, 15) is 5.11 Å².